The van der Waals surface area contributed by atoms with Crippen molar-refractivity contribution in [2.45, 2.75) is 32.7 Å². The normalized spacial score (nSPS) is 13.4. The van der Waals surface area contributed by atoms with Gasteiger partial charge in [0.2, 0.25) is 0 Å². The summed E-state index contributed by atoms with van der Waals surface area (Å²) in [6.45, 7) is 4.35. The van der Waals surface area contributed by atoms with Crippen LogP contribution in [0.4, 0.5) is 0 Å². The van der Waals surface area contributed by atoms with Gasteiger partial charge >= 0.3 is 0 Å². The minimum Gasteiger partial charge on any atom is -0.313 e. The van der Waals surface area contributed by atoms with Crippen LogP contribution in [0.2, 0.25) is 0 Å². The molecule has 0 bridgehead atoms. The number of nitrogens with one attached hydrogen (secondary N) is 1. The zero-order valence-corrected chi connectivity index (χ0v) is 12.0. The van der Waals surface area contributed by atoms with Gasteiger partial charge in [0.15, 0.2) is 9.84 Å². The van der Waals surface area contributed by atoms with Crippen LogP contribution < -0.4 is 5.32 Å². The Morgan fingerprint density at radius 2 is 1.83 bits per heavy atom. The summed E-state index contributed by atoms with van der Waals surface area (Å²) in [6.07, 6.45) is 1.95. The van der Waals surface area contributed by atoms with Crippen molar-refractivity contribution in [3.8, 4) is 0 Å². The molecule has 0 amide bonds. The first-order valence-corrected chi connectivity index (χ1v) is 8.37. The average Bonchev–Trinajstić information content (AvgIpc) is 2.38. The van der Waals surface area contributed by atoms with Crippen molar-refractivity contribution in [1.82, 2.24) is 5.32 Å². The van der Waals surface area contributed by atoms with E-state index in [1.54, 1.807) is 6.92 Å². The maximum Gasteiger partial charge on any atom is 0.151 e. The second kappa shape index (κ2) is 7.54. The third-order valence-electron chi connectivity index (χ3n) is 3.10. The van der Waals surface area contributed by atoms with Crippen LogP contribution in [0.15, 0.2) is 30.3 Å². The zero-order chi connectivity index (χ0) is 13.4. The molecule has 1 aromatic rings. The number of hydrogen-bond donors (Lipinski definition) is 1. The topological polar surface area (TPSA) is 46.2 Å². The predicted octanol–water partition coefficient (Wildman–Crippen LogP) is 2.03. The minimum atomic E-state index is -2.86. The fourth-order valence-corrected chi connectivity index (χ4v) is 2.54. The van der Waals surface area contributed by atoms with Crippen LogP contribution in [-0.2, 0) is 16.3 Å². The smallest absolute Gasteiger partial charge is 0.151 e. The maximum absolute atomic E-state index is 11.4. The van der Waals surface area contributed by atoms with Crippen molar-refractivity contribution in [2.75, 3.05) is 18.1 Å². The summed E-state index contributed by atoms with van der Waals surface area (Å²) < 4.78 is 22.8. The Balaban J connectivity index is 2.39. The molecule has 1 unspecified atom stereocenters. The van der Waals surface area contributed by atoms with Crippen LogP contribution in [-0.4, -0.2) is 32.5 Å². The van der Waals surface area contributed by atoms with Gasteiger partial charge in [-0.1, -0.05) is 44.2 Å². The Kier molecular flexibility index (Phi) is 6.36. The Morgan fingerprint density at radius 3 is 2.39 bits per heavy atom. The average molecular weight is 269 g/mol. The lowest BCUT2D eigenvalue weighted by atomic mass is 10.0. The van der Waals surface area contributed by atoms with Crippen LogP contribution >= 0.6 is 0 Å². The highest BCUT2D eigenvalue weighted by atomic mass is 32.2. The molecule has 0 radical (unpaired) electrons. The molecular formula is C14H23NO2S. The quantitative estimate of drug-likeness (QED) is 0.785. The standard InChI is InChI=1S/C14H23NO2S/c1-3-14(12-13-8-6-5-7-9-13)15-10-11-18(16,17)4-2/h5-9,14-15H,3-4,10-12H2,1-2H3. The summed E-state index contributed by atoms with van der Waals surface area (Å²) in [6, 6.07) is 10.6. The van der Waals surface area contributed by atoms with Gasteiger partial charge < -0.3 is 5.32 Å². The highest BCUT2D eigenvalue weighted by Crippen LogP contribution is 2.05. The van der Waals surface area contributed by atoms with E-state index in [1.807, 2.05) is 18.2 Å². The molecule has 0 aliphatic rings. The van der Waals surface area contributed by atoms with Crippen LogP contribution in [0.25, 0.3) is 0 Å². The van der Waals surface area contributed by atoms with E-state index in [0.717, 1.165) is 12.8 Å². The predicted molar refractivity (Wildman–Crippen MR) is 76.6 cm³/mol. The van der Waals surface area contributed by atoms with Gasteiger partial charge in [-0.05, 0) is 18.4 Å². The lowest BCUT2D eigenvalue weighted by Crippen LogP contribution is -2.34. The van der Waals surface area contributed by atoms with Crippen LogP contribution in [0.5, 0.6) is 0 Å². The highest BCUT2D eigenvalue weighted by molar-refractivity contribution is 7.91. The van der Waals surface area contributed by atoms with Gasteiger partial charge in [-0.2, -0.15) is 0 Å². The SMILES string of the molecule is CCC(Cc1ccccc1)NCCS(=O)(=O)CC. The molecule has 4 heteroatoms. The van der Waals surface area contributed by atoms with Crippen LogP contribution in [0.3, 0.4) is 0 Å². The number of sulfone groups is 1. The molecule has 1 atom stereocenters. The molecular weight excluding hydrogens is 246 g/mol. The van der Waals surface area contributed by atoms with E-state index in [4.69, 9.17) is 0 Å². The first-order chi connectivity index (χ1) is 8.57. The molecule has 0 fully saturated rings. The summed E-state index contributed by atoms with van der Waals surface area (Å²) in [5.74, 6) is 0.457. The van der Waals surface area contributed by atoms with Crippen LogP contribution in [0, 0.1) is 0 Å². The van der Waals surface area contributed by atoms with E-state index >= 15 is 0 Å². The summed E-state index contributed by atoms with van der Waals surface area (Å²) >= 11 is 0. The Bertz CT molecular complexity index is 428. The van der Waals surface area contributed by atoms with Gasteiger partial charge in [0.05, 0.1) is 5.75 Å². The highest BCUT2D eigenvalue weighted by Gasteiger charge is 2.10. The van der Waals surface area contributed by atoms with Crippen molar-refractivity contribution in [3.05, 3.63) is 35.9 Å². The largest absolute Gasteiger partial charge is 0.313 e. The summed E-state index contributed by atoms with van der Waals surface area (Å²) in [7, 11) is -2.86. The zero-order valence-electron chi connectivity index (χ0n) is 11.2. The van der Waals surface area contributed by atoms with Crippen molar-refractivity contribution >= 4 is 9.84 Å². The van der Waals surface area contributed by atoms with Gasteiger partial charge in [0.25, 0.3) is 0 Å². The van der Waals surface area contributed by atoms with Gasteiger partial charge in [0.1, 0.15) is 0 Å². The minimum absolute atomic E-state index is 0.226. The fraction of sp³-hybridized carbons (Fsp3) is 0.571. The Hall–Kier alpha value is -0.870. The lowest BCUT2D eigenvalue weighted by Gasteiger charge is -2.17. The molecule has 0 aliphatic carbocycles. The Morgan fingerprint density at radius 1 is 1.17 bits per heavy atom. The molecule has 1 rings (SSSR count). The Labute approximate surface area is 111 Å². The third-order valence-corrected chi connectivity index (χ3v) is 4.81. The molecule has 0 saturated carbocycles. The molecule has 1 aromatic carbocycles. The van der Waals surface area contributed by atoms with E-state index in [9.17, 15) is 8.42 Å². The van der Waals surface area contributed by atoms with E-state index < -0.39 is 9.84 Å². The molecule has 18 heavy (non-hydrogen) atoms. The van der Waals surface area contributed by atoms with Crippen molar-refractivity contribution in [2.24, 2.45) is 0 Å². The first kappa shape index (κ1) is 15.2. The van der Waals surface area contributed by atoms with Gasteiger partial charge in [0, 0.05) is 18.3 Å². The summed E-state index contributed by atoms with van der Waals surface area (Å²) in [5, 5.41) is 3.33. The molecule has 102 valence electrons. The molecule has 1 N–H and O–H groups in total. The van der Waals surface area contributed by atoms with Crippen molar-refractivity contribution in [3.63, 3.8) is 0 Å². The molecule has 0 aromatic heterocycles. The van der Waals surface area contributed by atoms with Gasteiger partial charge in [-0.25, -0.2) is 8.42 Å². The molecule has 0 heterocycles. The lowest BCUT2D eigenvalue weighted by molar-refractivity contribution is 0.507. The van der Waals surface area contributed by atoms with Crippen molar-refractivity contribution in [1.29, 1.82) is 0 Å². The third kappa shape index (κ3) is 5.65. The van der Waals surface area contributed by atoms with Crippen molar-refractivity contribution < 1.29 is 8.42 Å². The van der Waals surface area contributed by atoms with E-state index in [0.29, 0.717) is 12.6 Å². The van der Waals surface area contributed by atoms with E-state index in [2.05, 4.69) is 24.4 Å². The van der Waals surface area contributed by atoms with E-state index in [1.165, 1.54) is 5.56 Å². The number of hydrogen-bond acceptors (Lipinski definition) is 3. The summed E-state index contributed by atoms with van der Waals surface area (Å²) in [5.41, 5.74) is 1.29. The number of rotatable bonds is 8. The maximum atomic E-state index is 11.4. The molecule has 0 saturated heterocycles. The van der Waals surface area contributed by atoms with Gasteiger partial charge in [-0.3, -0.25) is 0 Å². The summed E-state index contributed by atoms with van der Waals surface area (Å²) in [4.78, 5) is 0. The molecule has 3 nitrogen and oxygen atoms in total. The molecule has 0 spiro atoms. The first-order valence-electron chi connectivity index (χ1n) is 6.55. The monoisotopic (exact) mass is 269 g/mol. The van der Waals surface area contributed by atoms with E-state index in [-0.39, 0.29) is 11.5 Å². The number of benzene rings is 1. The molecule has 0 aliphatic heterocycles. The van der Waals surface area contributed by atoms with Crippen LogP contribution in [0.1, 0.15) is 25.8 Å². The second-order valence-corrected chi connectivity index (χ2v) is 6.96. The fourth-order valence-electron chi connectivity index (χ4n) is 1.82. The second-order valence-electron chi connectivity index (χ2n) is 4.49. The van der Waals surface area contributed by atoms with Gasteiger partial charge in [-0.15, -0.1) is 0 Å².